The van der Waals surface area contributed by atoms with E-state index in [9.17, 15) is 28.8 Å². The van der Waals surface area contributed by atoms with Crippen LogP contribution in [0.25, 0.3) is 0 Å². The van der Waals surface area contributed by atoms with Gasteiger partial charge in [-0.1, -0.05) is 60.7 Å². The summed E-state index contributed by atoms with van der Waals surface area (Å²) in [5.74, 6) is -1.49. The molecule has 2 aromatic heterocycles. The molecule has 18 heteroatoms. The third-order valence-corrected chi connectivity index (χ3v) is 16.5. The maximum atomic E-state index is 14.6. The number of hydrogen-bond acceptors (Lipinski definition) is 12. The first-order valence-electron chi connectivity index (χ1n) is 22.2. The first-order chi connectivity index (χ1) is 31.2. The zero-order chi connectivity index (χ0) is 44.4. The van der Waals surface area contributed by atoms with Crippen LogP contribution in [-0.2, 0) is 41.6 Å². The van der Waals surface area contributed by atoms with E-state index in [1.54, 1.807) is 56.5 Å². The van der Waals surface area contributed by atoms with E-state index in [-0.39, 0.29) is 46.2 Å². The fourth-order valence-corrected chi connectivity index (χ4v) is 13.1. The van der Waals surface area contributed by atoms with Crippen molar-refractivity contribution in [2.75, 3.05) is 22.1 Å². The minimum atomic E-state index is -0.815. The van der Waals surface area contributed by atoms with Crippen LogP contribution in [0.1, 0.15) is 75.3 Å². The molecule has 0 saturated carbocycles. The Morgan fingerprint density at radius 3 is 1.41 bits per heavy atom. The van der Waals surface area contributed by atoms with Gasteiger partial charge in [0, 0.05) is 35.0 Å². The molecule has 4 aliphatic rings. The number of nitrogens with zero attached hydrogens (tertiary/aromatic N) is 4. The molecule has 0 bridgehead atoms. The van der Waals surface area contributed by atoms with E-state index in [1.807, 2.05) is 60.7 Å². The van der Waals surface area contributed by atoms with Crippen molar-refractivity contribution in [1.29, 1.82) is 0 Å². The Morgan fingerprint density at radius 1 is 0.594 bits per heavy atom. The summed E-state index contributed by atoms with van der Waals surface area (Å²) in [4.78, 5) is 96.9. The molecule has 2 aromatic carbocycles. The lowest BCUT2D eigenvalue weighted by molar-refractivity contribution is -0.144. The van der Waals surface area contributed by atoms with Crippen LogP contribution in [0.15, 0.2) is 83.8 Å². The number of nitrogens with one attached hydrogen (secondary N) is 4. The molecule has 14 nitrogen and oxygen atoms in total. The molecule has 4 N–H and O–H groups in total. The van der Waals surface area contributed by atoms with Crippen molar-refractivity contribution < 1.29 is 28.8 Å². The second kappa shape index (κ2) is 21.9. The molecule has 64 heavy (non-hydrogen) atoms. The van der Waals surface area contributed by atoms with Gasteiger partial charge in [0.25, 0.3) is 0 Å². The summed E-state index contributed by atoms with van der Waals surface area (Å²) in [6.07, 6.45) is 9.78. The number of fused-ring (bicyclic) bond motifs is 2. The highest BCUT2D eigenvalue weighted by molar-refractivity contribution is 8.00. The van der Waals surface area contributed by atoms with Crippen molar-refractivity contribution in [3.8, 4) is 0 Å². The fourth-order valence-electron chi connectivity index (χ4n) is 9.26. The number of benzene rings is 2. The Labute approximate surface area is 389 Å². The van der Waals surface area contributed by atoms with Crippen molar-refractivity contribution in [3.05, 3.63) is 94.9 Å². The smallest absolute Gasteiger partial charge is 0.249 e. The molecule has 4 saturated heterocycles. The normalized spacial score (nSPS) is 24.5. The highest BCUT2D eigenvalue weighted by Crippen LogP contribution is 2.37. The van der Waals surface area contributed by atoms with Crippen LogP contribution in [-0.4, -0.2) is 102 Å². The number of thioether (sulfide) groups is 2. The predicted molar refractivity (Wildman–Crippen MR) is 253 cm³/mol. The first-order valence-corrected chi connectivity index (χ1v) is 26.0. The molecular formula is C46H54N8O6S4. The van der Waals surface area contributed by atoms with Crippen LogP contribution < -0.4 is 21.3 Å². The molecule has 338 valence electrons. The lowest BCUT2D eigenvalue weighted by Crippen LogP contribution is -2.58. The van der Waals surface area contributed by atoms with Crippen LogP contribution in [0.4, 0.5) is 10.3 Å². The maximum absolute atomic E-state index is 14.6. The van der Waals surface area contributed by atoms with E-state index in [4.69, 9.17) is 0 Å². The van der Waals surface area contributed by atoms with Crippen LogP contribution in [0.5, 0.6) is 0 Å². The molecule has 0 radical (unpaired) electrons. The topological polar surface area (TPSA) is 183 Å². The molecule has 6 amide bonds. The quantitative estimate of drug-likeness (QED) is 0.105. The van der Waals surface area contributed by atoms with Crippen molar-refractivity contribution in [2.24, 2.45) is 11.8 Å². The van der Waals surface area contributed by atoms with Gasteiger partial charge in [0.15, 0.2) is 10.3 Å². The lowest BCUT2D eigenvalue weighted by Gasteiger charge is -2.40. The number of hydrogen-bond donors (Lipinski definition) is 4. The number of carbonyl (C=O) groups is 6. The second-order valence-electron chi connectivity index (χ2n) is 16.7. The molecule has 4 fully saturated rings. The molecular weight excluding hydrogens is 889 g/mol. The third kappa shape index (κ3) is 11.4. The van der Waals surface area contributed by atoms with Crippen molar-refractivity contribution in [1.82, 2.24) is 30.4 Å². The minimum absolute atomic E-state index is 0.168. The Kier molecular flexibility index (Phi) is 15.7. The average Bonchev–Trinajstić information content (AvgIpc) is 3.98. The number of thiazole rings is 2. The van der Waals surface area contributed by atoms with Gasteiger partial charge in [-0.15, -0.1) is 46.2 Å². The predicted octanol–water partition coefficient (Wildman–Crippen LogP) is 6.33. The van der Waals surface area contributed by atoms with Crippen molar-refractivity contribution in [2.45, 2.75) is 112 Å². The molecule has 6 heterocycles. The van der Waals surface area contributed by atoms with Crippen LogP contribution in [0, 0.1) is 11.8 Å². The van der Waals surface area contributed by atoms with E-state index < -0.39 is 36.0 Å². The minimum Gasteiger partial charge on any atom is -0.344 e. The SMILES string of the molecule is O=C(NC1CCSC2CCC[C@@H](C(=O)Nc3nccs3)N2C1=O)[C@H](CC[C@H](Cc1ccccc1)C(=O)N[C@H]1CCS[C@H]2CCC[C@@H](C(=O)Nc3nccs3)N2C1=O)Cc1ccccc1. The van der Waals surface area contributed by atoms with Gasteiger partial charge in [-0.25, -0.2) is 9.97 Å². The number of carbonyl (C=O) groups excluding carboxylic acids is 6. The number of amides is 6. The second-order valence-corrected chi connectivity index (χ2v) is 21.1. The van der Waals surface area contributed by atoms with Gasteiger partial charge in [0.1, 0.15) is 24.2 Å². The van der Waals surface area contributed by atoms with E-state index in [0.717, 1.165) is 36.8 Å². The van der Waals surface area contributed by atoms with Gasteiger partial charge < -0.3 is 31.1 Å². The van der Waals surface area contributed by atoms with Crippen LogP contribution >= 0.6 is 46.2 Å². The summed E-state index contributed by atoms with van der Waals surface area (Å²) in [6, 6.07) is 16.5. The maximum Gasteiger partial charge on any atom is 0.249 e. The fraction of sp³-hybridized carbons (Fsp3) is 0.478. The summed E-state index contributed by atoms with van der Waals surface area (Å²) in [5, 5.41) is 16.2. The molecule has 0 spiro atoms. The van der Waals surface area contributed by atoms with Gasteiger partial charge in [-0.3, -0.25) is 28.8 Å². The number of rotatable bonds is 15. The number of piperidine rings is 2. The Bertz CT molecular complexity index is 2060. The Hall–Kier alpha value is -4.78. The Balaban J connectivity index is 0.984. The highest BCUT2D eigenvalue weighted by atomic mass is 32.2. The highest BCUT2D eigenvalue weighted by Gasteiger charge is 2.45. The first kappa shape index (κ1) is 45.8. The number of aromatic nitrogens is 2. The van der Waals surface area contributed by atoms with Crippen molar-refractivity contribution in [3.63, 3.8) is 0 Å². The molecule has 2 unspecified atom stereocenters. The van der Waals surface area contributed by atoms with Gasteiger partial charge in [-0.2, -0.15) is 0 Å². The zero-order valence-corrected chi connectivity index (χ0v) is 38.7. The molecule has 8 atom stereocenters. The third-order valence-electron chi connectivity index (χ3n) is 12.5. The summed E-state index contributed by atoms with van der Waals surface area (Å²) < 4.78 is 0. The lowest BCUT2D eigenvalue weighted by atomic mass is 9.86. The molecule has 4 aliphatic heterocycles. The number of anilines is 2. The summed E-state index contributed by atoms with van der Waals surface area (Å²) in [5.41, 5.74) is 1.91. The van der Waals surface area contributed by atoms with E-state index in [2.05, 4.69) is 31.2 Å². The van der Waals surface area contributed by atoms with Gasteiger partial charge in [0.2, 0.25) is 35.4 Å². The zero-order valence-electron chi connectivity index (χ0n) is 35.5. The Morgan fingerprint density at radius 2 is 1.02 bits per heavy atom. The van der Waals surface area contributed by atoms with E-state index in [1.165, 1.54) is 22.7 Å². The van der Waals surface area contributed by atoms with Gasteiger partial charge in [-0.05, 0) is 99.7 Å². The standard InChI is InChI=1S/C46H54N8O6S4/c55-39(49-33-19-23-61-37-15-7-13-35(53(37)43(33)59)41(57)51-45-47-21-25-63-45)31(27-29-9-3-1-4-10-29)17-18-32(28-30-11-5-2-6-12-30)40(56)50-34-20-24-62-38-16-8-14-36(54(38)44(34)60)42(58)52-46-48-22-26-64-46/h1-6,9-12,21-22,25-26,31-38H,7-8,13-20,23-24,27-28H2,(H,49,55)(H,50,56)(H,47,51,57)(H,48,52,58)/t31-,32-,33+,34?,35+,36+,37+,38?/m1/s1. The molecule has 8 rings (SSSR count). The van der Waals surface area contributed by atoms with Gasteiger partial charge in [0.05, 0.1) is 10.7 Å². The van der Waals surface area contributed by atoms with E-state index >= 15 is 0 Å². The van der Waals surface area contributed by atoms with Crippen LogP contribution in [0.2, 0.25) is 0 Å². The van der Waals surface area contributed by atoms with Crippen LogP contribution in [0.3, 0.4) is 0 Å². The molecule has 4 aromatic rings. The van der Waals surface area contributed by atoms with Crippen molar-refractivity contribution >= 4 is 91.9 Å². The largest absolute Gasteiger partial charge is 0.344 e. The average molecular weight is 943 g/mol. The summed E-state index contributed by atoms with van der Waals surface area (Å²) in [7, 11) is 0. The monoisotopic (exact) mass is 942 g/mol. The molecule has 0 aliphatic carbocycles. The summed E-state index contributed by atoms with van der Waals surface area (Å²) in [6.45, 7) is 0. The summed E-state index contributed by atoms with van der Waals surface area (Å²) >= 11 is 5.94. The van der Waals surface area contributed by atoms with E-state index in [0.29, 0.717) is 73.1 Å². The van der Waals surface area contributed by atoms with Gasteiger partial charge >= 0.3 is 0 Å².